The van der Waals surface area contributed by atoms with Gasteiger partial charge in [0.15, 0.2) is 0 Å². The number of fused-ring (bicyclic) bond motifs is 3. The Bertz CT molecular complexity index is 765. The van der Waals surface area contributed by atoms with Crippen LogP contribution >= 0.6 is 11.8 Å². The van der Waals surface area contributed by atoms with Crippen molar-refractivity contribution in [1.82, 2.24) is 0 Å². The summed E-state index contributed by atoms with van der Waals surface area (Å²) >= 11 is 2.21. The minimum atomic E-state index is 0.805. The van der Waals surface area contributed by atoms with E-state index in [0.29, 0.717) is 0 Å². The molecule has 4 atom stereocenters. The van der Waals surface area contributed by atoms with Gasteiger partial charge in [0, 0.05) is 5.25 Å². The SMILES string of the molecule is C1=CC(C2CC[C@@H]3C(C2)SC2=CC(c4ccccc4)=CCC23)=CCC1. The third kappa shape index (κ3) is 2.97. The van der Waals surface area contributed by atoms with Gasteiger partial charge in [-0.2, -0.15) is 0 Å². The molecule has 3 aliphatic carbocycles. The summed E-state index contributed by atoms with van der Waals surface area (Å²) in [5, 5.41) is 0.842. The number of allylic oxidation sites excluding steroid dienone is 8. The number of hydrogen-bond donors (Lipinski definition) is 0. The lowest BCUT2D eigenvalue weighted by atomic mass is 9.71. The maximum absolute atomic E-state index is 2.51. The Morgan fingerprint density at radius 1 is 0.960 bits per heavy atom. The lowest BCUT2D eigenvalue weighted by molar-refractivity contribution is 0.269. The van der Waals surface area contributed by atoms with E-state index in [9.17, 15) is 0 Å². The third-order valence-electron chi connectivity index (χ3n) is 6.50. The van der Waals surface area contributed by atoms with Gasteiger partial charge in [-0.1, -0.05) is 54.6 Å². The first kappa shape index (κ1) is 15.8. The number of hydrogen-bond acceptors (Lipinski definition) is 1. The maximum Gasteiger partial charge on any atom is 0.0131 e. The van der Waals surface area contributed by atoms with E-state index in [0.717, 1.165) is 23.0 Å². The van der Waals surface area contributed by atoms with Gasteiger partial charge in [0.25, 0.3) is 0 Å². The van der Waals surface area contributed by atoms with Gasteiger partial charge >= 0.3 is 0 Å². The Morgan fingerprint density at radius 3 is 2.72 bits per heavy atom. The average Bonchev–Trinajstić information content (AvgIpc) is 3.06. The van der Waals surface area contributed by atoms with Crippen molar-refractivity contribution in [1.29, 1.82) is 0 Å². The van der Waals surface area contributed by atoms with E-state index < -0.39 is 0 Å². The largest absolute Gasteiger partial charge is 0.127 e. The first-order valence-electron chi connectivity index (χ1n) is 9.89. The summed E-state index contributed by atoms with van der Waals surface area (Å²) in [7, 11) is 0. The van der Waals surface area contributed by atoms with Gasteiger partial charge in [-0.25, -0.2) is 0 Å². The fourth-order valence-electron chi connectivity index (χ4n) is 5.19. The predicted molar refractivity (Wildman–Crippen MR) is 109 cm³/mol. The molecule has 0 aromatic heterocycles. The molecule has 1 saturated heterocycles. The van der Waals surface area contributed by atoms with Crippen molar-refractivity contribution in [2.45, 2.75) is 43.8 Å². The third-order valence-corrected chi connectivity index (χ3v) is 8.04. The van der Waals surface area contributed by atoms with Crippen molar-refractivity contribution in [2.24, 2.45) is 17.8 Å². The highest BCUT2D eigenvalue weighted by Crippen LogP contribution is 2.57. The molecule has 1 aliphatic heterocycles. The summed E-state index contributed by atoms with van der Waals surface area (Å²) in [6, 6.07) is 10.9. The second-order valence-electron chi connectivity index (χ2n) is 7.93. The molecule has 0 spiro atoms. The first-order valence-corrected chi connectivity index (χ1v) is 10.8. The minimum absolute atomic E-state index is 0.805. The molecule has 0 bridgehead atoms. The molecule has 4 aliphatic rings. The molecule has 1 heteroatoms. The van der Waals surface area contributed by atoms with Crippen molar-refractivity contribution >= 4 is 17.3 Å². The molecule has 1 aromatic carbocycles. The van der Waals surface area contributed by atoms with E-state index in [4.69, 9.17) is 0 Å². The molecule has 128 valence electrons. The molecular formula is C24H26S. The fraction of sp³-hybridized carbons (Fsp3) is 0.417. The Hall–Kier alpha value is -1.47. The van der Waals surface area contributed by atoms with Crippen LogP contribution in [0.15, 0.2) is 71.2 Å². The van der Waals surface area contributed by atoms with Crippen LogP contribution in [-0.4, -0.2) is 5.25 Å². The van der Waals surface area contributed by atoms with E-state index in [1.54, 1.807) is 10.5 Å². The molecule has 1 saturated carbocycles. The number of thioether (sulfide) groups is 1. The van der Waals surface area contributed by atoms with E-state index >= 15 is 0 Å². The van der Waals surface area contributed by atoms with Crippen LogP contribution in [0, 0.1) is 17.8 Å². The van der Waals surface area contributed by atoms with Crippen LogP contribution in [0.3, 0.4) is 0 Å². The van der Waals surface area contributed by atoms with Crippen LogP contribution in [0.4, 0.5) is 0 Å². The van der Waals surface area contributed by atoms with E-state index in [1.165, 1.54) is 49.7 Å². The zero-order valence-electron chi connectivity index (χ0n) is 14.7. The Balaban J connectivity index is 1.34. The van der Waals surface area contributed by atoms with Crippen LogP contribution in [-0.2, 0) is 0 Å². The minimum Gasteiger partial charge on any atom is -0.127 e. The number of rotatable bonds is 2. The molecule has 1 heterocycles. The fourth-order valence-corrected chi connectivity index (χ4v) is 7.01. The van der Waals surface area contributed by atoms with Gasteiger partial charge in [-0.05, 0) is 84.0 Å². The maximum atomic E-state index is 2.51. The van der Waals surface area contributed by atoms with Crippen LogP contribution in [0.2, 0.25) is 0 Å². The zero-order chi connectivity index (χ0) is 16.6. The first-order chi connectivity index (χ1) is 12.4. The van der Waals surface area contributed by atoms with Gasteiger partial charge in [0.2, 0.25) is 0 Å². The molecule has 5 rings (SSSR count). The Labute approximate surface area is 155 Å². The molecule has 0 radical (unpaired) electrons. The normalized spacial score (nSPS) is 33.8. The van der Waals surface area contributed by atoms with E-state index in [1.807, 2.05) is 0 Å². The average molecular weight is 347 g/mol. The standard InChI is InChI=1S/C24H26S/c1-3-7-17(8-4-1)19-11-13-21-22-14-12-20(18-9-5-2-6-10-18)16-24(22)25-23(21)15-19/h1,3-5,7-11,15,20-22,24H,2,6,12-14,16H2/t20?,21?,22-,24?/m0/s1. The van der Waals surface area contributed by atoms with Crippen molar-refractivity contribution in [2.75, 3.05) is 0 Å². The lowest BCUT2D eigenvalue weighted by Gasteiger charge is -2.34. The second kappa shape index (κ2) is 6.68. The van der Waals surface area contributed by atoms with Crippen LogP contribution in [0.5, 0.6) is 0 Å². The summed E-state index contributed by atoms with van der Waals surface area (Å²) in [4.78, 5) is 1.67. The van der Waals surface area contributed by atoms with Crippen molar-refractivity contribution in [3.05, 3.63) is 76.8 Å². The van der Waals surface area contributed by atoms with Gasteiger partial charge in [-0.3, -0.25) is 0 Å². The smallest absolute Gasteiger partial charge is 0.0131 e. The van der Waals surface area contributed by atoms with Crippen LogP contribution < -0.4 is 0 Å². The molecular weight excluding hydrogens is 320 g/mol. The van der Waals surface area contributed by atoms with Gasteiger partial charge < -0.3 is 0 Å². The highest BCUT2D eigenvalue weighted by atomic mass is 32.2. The van der Waals surface area contributed by atoms with Crippen molar-refractivity contribution < 1.29 is 0 Å². The highest BCUT2D eigenvalue weighted by Gasteiger charge is 2.44. The monoisotopic (exact) mass is 346 g/mol. The quantitative estimate of drug-likeness (QED) is 0.568. The summed E-state index contributed by atoms with van der Waals surface area (Å²) in [5.41, 5.74) is 4.45. The zero-order valence-corrected chi connectivity index (χ0v) is 15.6. The van der Waals surface area contributed by atoms with Crippen LogP contribution in [0.1, 0.15) is 44.1 Å². The molecule has 3 unspecified atom stereocenters. The highest BCUT2D eigenvalue weighted by molar-refractivity contribution is 8.04. The van der Waals surface area contributed by atoms with Crippen molar-refractivity contribution in [3.63, 3.8) is 0 Å². The van der Waals surface area contributed by atoms with Gasteiger partial charge in [0.1, 0.15) is 0 Å². The summed E-state index contributed by atoms with van der Waals surface area (Å²) in [5.74, 6) is 2.53. The van der Waals surface area contributed by atoms with Gasteiger partial charge in [0.05, 0.1) is 0 Å². The van der Waals surface area contributed by atoms with E-state index in [2.05, 4.69) is 72.5 Å². The molecule has 25 heavy (non-hydrogen) atoms. The molecule has 2 fully saturated rings. The molecule has 0 N–H and O–H groups in total. The summed E-state index contributed by atoms with van der Waals surface area (Å²) in [6.07, 6.45) is 20.2. The summed E-state index contributed by atoms with van der Waals surface area (Å²) < 4.78 is 0. The van der Waals surface area contributed by atoms with Crippen LogP contribution in [0.25, 0.3) is 5.57 Å². The van der Waals surface area contributed by atoms with E-state index in [-0.39, 0.29) is 0 Å². The molecule has 0 amide bonds. The Morgan fingerprint density at radius 2 is 1.88 bits per heavy atom. The second-order valence-corrected chi connectivity index (χ2v) is 9.24. The predicted octanol–water partition coefficient (Wildman–Crippen LogP) is 6.78. The summed E-state index contributed by atoms with van der Waals surface area (Å²) in [6.45, 7) is 0. The lowest BCUT2D eigenvalue weighted by Crippen LogP contribution is -2.28. The molecule has 1 aromatic rings. The topological polar surface area (TPSA) is 0 Å². The Kier molecular flexibility index (Phi) is 4.21. The molecule has 0 nitrogen and oxygen atoms in total. The van der Waals surface area contributed by atoms with Crippen molar-refractivity contribution in [3.8, 4) is 0 Å². The number of benzene rings is 1. The van der Waals surface area contributed by atoms with Gasteiger partial charge in [-0.15, -0.1) is 11.8 Å².